The molecular weight excluding hydrogens is 264 g/mol. The second-order valence-corrected chi connectivity index (χ2v) is 4.63. The molecule has 1 aliphatic heterocycles. The Labute approximate surface area is 108 Å². The molecule has 1 atom stereocenters. The first-order valence-corrected chi connectivity index (χ1v) is 5.89. The second-order valence-electron chi connectivity index (χ2n) is 4.19. The second kappa shape index (κ2) is 5.20. The summed E-state index contributed by atoms with van der Waals surface area (Å²) in [6, 6.07) is 7.18. The van der Waals surface area contributed by atoms with Gasteiger partial charge in [-0.3, -0.25) is 0 Å². The minimum Gasteiger partial charge on any atom is -0.456 e. The first-order chi connectivity index (χ1) is 8.47. The first-order valence-electron chi connectivity index (χ1n) is 5.51. The maximum Gasteiger partial charge on any atom is 0.377 e. The van der Waals surface area contributed by atoms with E-state index < -0.39 is 24.4 Å². The monoisotopic (exact) mass is 275 g/mol. The molecular formula is C12H12ClF2NO2. The van der Waals surface area contributed by atoms with E-state index in [9.17, 15) is 13.6 Å². The van der Waals surface area contributed by atoms with Crippen molar-refractivity contribution in [2.45, 2.75) is 25.0 Å². The van der Waals surface area contributed by atoms with Crippen molar-refractivity contribution in [1.82, 2.24) is 5.32 Å². The number of halogens is 3. The Balaban J connectivity index is 1.77. The lowest BCUT2D eigenvalue weighted by atomic mass is 10.2. The highest BCUT2D eigenvalue weighted by molar-refractivity contribution is 6.30. The summed E-state index contributed by atoms with van der Waals surface area (Å²) in [6.07, 6.45) is -1.32. The average Bonchev–Trinajstić information content (AvgIpc) is 2.56. The highest BCUT2D eigenvalue weighted by atomic mass is 35.5. The molecule has 0 radical (unpaired) electrons. The zero-order valence-electron chi connectivity index (χ0n) is 9.46. The van der Waals surface area contributed by atoms with Gasteiger partial charge in [0.25, 0.3) is 0 Å². The van der Waals surface area contributed by atoms with Crippen LogP contribution in [0, 0.1) is 0 Å². The van der Waals surface area contributed by atoms with Crippen LogP contribution in [0.3, 0.4) is 0 Å². The van der Waals surface area contributed by atoms with E-state index in [1.54, 1.807) is 12.1 Å². The van der Waals surface area contributed by atoms with Crippen LogP contribution in [-0.4, -0.2) is 24.5 Å². The standard InChI is InChI=1S/C12H12ClF2NO2/c13-9-3-1-8(2-4-9)6-16-7-10-5-12(14,15)11(17)18-10/h1-4,10,16H,5-7H2. The maximum absolute atomic E-state index is 12.9. The Morgan fingerprint density at radius 3 is 2.61 bits per heavy atom. The summed E-state index contributed by atoms with van der Waals surface area (Å²) in [6.45, 7) is 0.723. The van der Waals surface area contributed by atoms with E-state index in [2.05, 4.69) is 10.1 Å². The molecule has 0 amide bonds. The van der Waals surface area contributed by atoms with Gasteiger partial charge < -0.3 is 10.1 Å². The van der Waals surface area contributed by atoms with E-state index in [4.69, 9.17) is 11.6 Å². The molecule has 3 nitrogen and oxygen atoms in total. The molecule has 0 spiro atoms. The third-order valence-electron chi connectivity index (χ3n) is 2.67. The van der Waals surface area contributed by atoms with E-state index in [-0.39, 0.29) is 6.54 Å². The lowest BCUT2D eigenvalue weighted by Gasteiger charge is -2.09. The minimum absolute atomic E-state index is 0.212. The van der Waals surface area contributed by atoms with E-state index in [1.165, 1.54) is 0 Å². The molecule has 1 fully saturated rings. The van der Waals surface area contributed by atoms with Crippen molar-refractivity contribution in [3.05, 3.63) is 34.9 Å². The summed E-state index contributed by atoms with van der Waals surface area (Å²) < 4.78 is 30.3. The van der Waals surface area contributed by atoms with Gasteiger partial charge in [0, 0.05) is 18.1 Å². The Hall–Kier alpha value is -1.20. The van der Waals surface area contributed by atoms with Gasteiger partial charge in [-0.05, 0) is 17.7 Å². The van der Waals surface area contributed by atoms with Gasteiger partial charge in [0.1, 0.15) is 6.10 Å². The van der Waals surface area contributed by atoms with Crippen LogP contribution in [-0.2, 0) is 16.1 Å². The van der Waals surface area contributed by atoms with Crippen molar-refractivity contribution in [1.29, 1.82) is 0 Å². The highest BCUT2D eigenvalue weighted by Crippen LogP contribution is 2.30. The van der Waals surface area contributed by atoms with Crippen LogP contribution >= 0.6 is 11.6 Å². The molecule has 1 unspecified atom stereocenters. The Morgan fingerprint density at radius 2 is 2.06 bits per heavy atom. The van der Waals surface area contributed by atoms with Gasteiger partial charge in [-0.15, -0.1) is 0 Å². The molecule has 1 aliphatic rings. The number of carbonyl (C=O) groups is 1. The fourth-order valence-corrected chi connectivity index (χ4v) is 1.87. The summed E-state index contributed by atoms with van der Waals surface area (Å²) in [5, 5.41) is 3.61. The lowest BCUT2D eigenvalue weighted by Crippen LogP contribution is -2.26. The molecule has 0 bridgehead atoms. The van der Waals surface area contributed by atoms with Gasteiger partial charge in [-0.25, -0.2) is 4.79 Å². The summed E-state index contributed by atoms with van der Waals surface area (Å²) in [7, 11) is 0. The molecule has 1 heterocycles. The van der Waals surface area contributed by atoms with Gasteiger partial charge in [0.15, 0.2) is 0 Å². The van der Waals surface area contributed by atoms with E-state index in [1.807, 2.05) is 12.1 Å². The van der Waals surface area contributed by atoms with Gasteiger partial charge in [-0.2, -0.15) is 8.78 Å². The van der Waals surface area contributed by atoms with Crippen LogP contribution in [0.15, 0.2) is 24.3 Å². The van der Waals surface area contributed by atoms with Crippen LogP contribution < -0.4 is 5.32 Å². The van der Waals surface area contributed by atoms with E-state index in [0.717, 1.165) is 5.56 Å². The molecule has 1 saturated heterocycles. The Morgan fingerprint density at radius 1 is 1.39 bits per heavy atom. The van der Waals surface area contributed by atoms with Crippen LogP contribution in [0.25, 0.3) is 0 Å². The number of ether oxygens (including phenoxy) is 1. The third-order valence-corrected chi connectivity index (χ3v) is 2.92. The largest absolute Gasteiger partial charge is 0.456 e. The fourth-order valence-electron chi connectivity index (χ4n) is 1.74. The van der Waals surface area contributed by atoms with Gasteiger partial charge in [-0.1, -0.05) is 23.7 Å². The van der Waals surface area contributed by atoms with Crippen molar-refractivity contribution >= 4 is 17.6 Å². The summed E-state index contributed by atoms with van der Waals surface area (Å²) in [5.41, 5.74) is 0.982. The zero-order chi connectivity index (χ0) is 13.2. The number of hydrogen-bond acceptors (Lipinski definition) is 3. The Bertz CT molecular complexity index is 436. The molecule has 1 aromatic rings. The summed E-state index contributed by atoms with van der Waals surface area (Å²) in [4.78, 5) is 10.8. The van der Waals surface area contributed by atoms with E-state index in [0.29, 0.717) is 11.6 Å². The average molecular weight is 276 g/mol. The van der Waals surface area contributed by atoms with Crippen LogP contribution in [0.4, 0.5) is 8.78 Å². The van der Waals surface area contributed by atoms with Crippen LogP contribution in [0.5, 0.6) is 0 Å². The third kappa shape index (κ3) is 3.17. The number of cyclic esters (lactones) is 1. The highest BCUT2D eigenvalue weighted by Gasteiger charge is 2.50. The molecule has 0 aromatic heterocycles. The topological polar surface area (TPSA) is 38.3 Å². The van der Waals surface area contributed by atoms with E-state index >= 15 is 0 Å². The van der Waals surface area contributed by atoms with Crippen molar-refractivity contribution in [3.8, 4) is 0 Å². The van der Waals surface area contributed by atoms with Crippen molar-refractivity contribution in [2.75, 3.05) is 6.54 Å². The molecule has 98 valence electrons. The quantitative estimate of drug-likeness (QED) is 0.858. The molecule has 0 aliphatic carbocycles. The normalized spacial score (nSPS) is 21.9. The first kappa shape index (κ1) is 13.2. The molecule has 1 N–H and O–H groups in total. The fraction of sp³-hybridized carbons (Fsp3) is 0.417. The van der Waals surface area contributed by atoms with Crippen LogP contribution in [0.1, 0.15) is 12.0 Å². The van der Waals surface area contributed by atoms with Gasteiger partial charge in [0.2, 0.25) is 0 Å². The van der Waals surface area contributed by atoms with Gasteiger partial charge >= 0.3 is 11.9 Å². The van der Waals surface area contributed by atoms with Gasteiger partial charge in [0.05, 0.1) is 6.42 Å². The zero-order valence-corrected chi connectivity index (χ0v) is 10.2. The van der Waals surface area contributed by atoms with Crippen molar-refractivity contribution < 1.29 is 18.3 Å². The van der Waals surface area contributed by atoms with Crippen molar-refractivity contribution in [2.24, 2.45) is 0 Å². The number of esters is 1. The smallest absolute Gasteiger partial charge is 0.377 e. The maximum atomic E-state index is 12.9. The van der Waals surface area contributed by atoms with Crippen LogP contribution in [0.2, 0.25) is 5.02 Å². The summed E-state index contributed by atoms with van der Waals surface area (Å²) in [5.74, 6) is -4.77. The predicted molar refractivity (Wildman–Crippen MR) is 62.6 cm³/mol. The SMILES string of the molecule is O=C1OC(CNCc2ccc(Cl)cc2)CC1(F)F. The minimum atomic E-state index is -3.34. The molecule has 0 saturated carbocycles. The Kier molecular flexibility index (Phi) is 3.82. The number of nitrogens with one attached hydrogen (secondary N) is 1. The number of benzene rings is 1. The summed E-state index contributed by atoms with van der Waals surface area (Å²) >= 11 is 5.74. The molecule has 6 heteroatoms. The molecule has 18 heavy (non-hydrogen) atoms. The number of rotatable bonds is 4. The predicted octanol–water partition coefficient (Wildman–Crippen LogP) is 2.38. The number of hydrogen-bond donors (Lipinski definition) is 1. The van der Waals surface area contributed by atoms with Crippen molar-refractivity contribution in [3.63, 3.8) is 0 Å². The molecule has 2 rings (SSSR count). The molecule has 1 aromatic carbocycles. The number of alkyl halides is 2. The number of carbonyl (C=O) groups excluding carboxylic acids is 1. The lowest BCUT2D eigenvalue weighted by molar-refractivity contribution is -0.159.